The lowest BCUT2D eigenvalue weighted by Crippen LogP contribution is -2.51. The van der Waals surface area contributed by atoms with E-state index in [-0.39, 0.29) is 18.4 Å². The molecule has 2 aromatic rings. The van der Waals surface area contributed by atoms with Crippen LogP contribution in [0.1, 0.15) is 31.9 Å². The number of nitrogens with zero attached hydrogens (tertiary/aromatic N) is 2. The molecule has 0 unspecified atom stereocenters. The van der Waals surface area contributed by atoms with E-state index < -0.39 is 28.5 Å². The summed E-state index contributed by atoms with van der Waals surface area (Å²) in [5.74, 6) is -0.0507. The summed E-state index contributed by atoms with van der Waals surface area (Å²) >= 11 is 0. The smallest absolute Gasteiger partial charge is 0.244 e. The Balaban J connectivity index is 2.37. The van der Waals surface area contributed by atoms with Crippen molar-refractivity contribution in [1.29, 1.82) is 0 Å². The average molecular weight is 490 g/mol. The van der Waals surface area contributed by atoms with Gasteiger partial charge in [0, 0.05) is 19.2 Å². The van der Waals surface area contributed by atoms with Crippen molar-refractivity contribution in [2.75, 3.05) is 30.8 Å². The van der Waals surface area contributed by atoms with Crippen LogP contribution in [0.2, 0.25) is 0 Å². The number of hydrogen-bond acceptors (Lipinski definition) is 5. The quantitative estimate of drug-likeness (QED) is 0.524. The monoisotopic (exact) mass is 489 g/mol. The predicted octanol–water partition coefficient (Wildman–Crippen LogP) is 2.96. The molecular weight excluding hydrogens is 454 g/mol. The summed E-state index contributed by atoms with van der Waals surface area (Å²) in [5, 5.41) is 2.86. The molecule has 186 valence electrons. The molecule has 0 saturated carbocycles. The van der Waals surface area contributed by atoms with Crippen LogP contribution < -0.4 is 14.4 Å². The third-order valence-corrected chi connectivity index (χ3v) is 6.49. The van der Waals surface area contributed by atoms with Crippen LogP contribution in [0.3, 0.4) is 0 Å². The fourth-order valence-corrected chi connectivity index (χ4v) is 4.15. The highest BCUT2D eigenvalue weighted by Gasteiger charge is 2.30. The first kappa shape index (κ1) is 27.2. The maximum absolute atomic E-state index is 13.5. The molecule has 0 aliphatic rings. The highest BCUT2D eigenvalue weighted by molar-refractivity contribution is 7.92. The van der Waals surface area contributed by atoms with E-state index in [4.69, 9.17) is 4.74 Å². The third kappa shape index (κ3) is 7.76. The van der Waals surface area contributed by atoms with Crippen LogP contribution in [0.15, 0.2) is 48.5 Å². The molecule has 1 atom stereocenters. The van der Waals surface area contributed by atoms with E-state index in [9.17, 15) is 18.0 Å². The summed E-state index contributed by atoms with van der Waals surface area (Å²) in [6, 6.07) is 13.4. The Hall–Kier alpha value is -3.07. The van der Waals surface area contributed by atoms with Gasteiger partial charge in [0.1, 0.15) is 18.3 Å². The van der Waals surface area contributed by atoms with E-state index in [0.29, 0.717) is 18.0 Å². The van der Waals surface area contributed by atoms with E-state index in [1.165, 1.54) is 12.0 Å². The van der Waals surface area contributed by atoms with Crippen molar-refractivity contribution in [1.82, 2.24) is 10.2 Å². The largest absolute Gasteiger partial charge is 0.497 e. The fraction of sp³-hybridized carbons (Fsp3) is 0.440. The number of amides is 2. The van der Waals surface area contributed by atoms with Crippen LogP contribution in [0.5, 0.6) is 5.75 Å². The molecule has 2 amide bonds. The maximum Gasteiger partial charge on any atom is 0.244 e. The van der Waals surface area contributed by atoms with Gasteiger partial charge in [-0.05, 0) is 37.5 Å². The van der Waals surface area contributed by atoms with Crippen LogP contribution in [0.4, 0.5) is 5.69 Å². The second kappa shape index (κ2) is 11.9. The molecule has 9 heteroatoms. The molecule has 0 spiro atoms. The van der Waals surface area contributed by atoms with Crippen molar-refractivity contribution >= 4 is 27.5 Å². The first-order valence-corrected chi connectivity index (χ1v) is 13.0. The molecule has 0 fully saturated rings. The zero-order valence-corrected chi connectivity index (χ0v) is 21.6. The topological polar surface area (TPSA) is 96.0 Å². The molecule has 1 N–H and O–H groups in total. The van der Waals surface area contributed by atoms with E-state index in [2.05, 4.69) is 5.32 Å². The molecule has 0 saturated heterocycles. The molecule has 0 aliphatic heterocycles. The molecule has 0 bridgehead atoms. The van der Waals surface area contributed by atoms with Gasteiger partial charge in [0.05, 0.1) is 19.1 Å². The minimum Gasteiger partial charge on any atom is -0.497 e. The van der Waals surface area contributed by atoms with Gasteiger partial charge in [-0.15, -0.1) is 0 Å². The molecule has 0 heterocycles. The molecule has 34 heavy (non-hydrogen) atoms. The number of carbonyl (C=O) groups excluding carboxylic acids is 2. The van der Waals surface area contributed by atoms with Gasteiger partial charge >= 0.3 is 0 Å². The highest BCUT2D eigenvalue weighted by atomic mass is 32.2. The third-order valence-electron chi connectivity index (χ3n) is 5.35. The number of methoxy groups -OCH3 is 1. The summed E-state index contributed by atoms with van der Waals surface area (Å²) in [5.41, 5.74) is 2.22. The Bertz CT molecular complexity index is 1080. The number of benzene rings is 2. The second-order valence-electron chi connectivity index (χ2n) is 8.79. The van der Waals surface area contributed by atoms with Gasteiger partial charge in [-0.1, -0.05) is 49.7 Å². The normalized spacial score (nSPS) is 12.2. The van der Waals surface area contributed by atoms with Crippen LogP contribution >= 0.6 is 0 Å². The van der Waals surface area contributed by atoms with Crippen LogP contribution in [0.25, 0.3) is 0 Å². The second-order valence-corrected chi connectivity index (χ2v) is 10.7. The van der Waals surface area contributed by atoms with Gasteiger partial charge in [-0.2, -0.15) is 0 Å². The van der Waals surface area contributed by atoms with Gasteiger partial charge in [-0.3, -0.25) is 13.9 Å². The SMILES string of the molecule is COc1cccc(N(CC(=O)N(Cc2ccc(C)cc2)[C@@H](C)C(=O)NCC(C)C)S(C)(=O)=O)c1. The zero-order chi connectivity index (χ0) is 25.5. The molecular formula is C25H35N3O5S. The standard InChI is InChI=1S/C25H35N3O5S/c1-18(2)15-26-25(30)20(4)27(16-21-12-10-19(3)11-13-21)24(29)17-28(34(6,31)32)22-8-7-9-23(14-22)33-5/h7-14,18,20H,15-17H2,1-6H3,(H,26,30)/t20-/m0/s1. The molecule has 2 aromatic carbocycles. The Morgan fingerprint density at radius 1 is 1.06 bits per heavy atom. The lowest BCUT2D eigenvalue weighted by molar-refractivity contribution is -0.139. The van der Waals surface area contributed by atoms with Crippen molar-refractivity contribution in [2.24, 2.45) is 5.92 Å². The molecule has 0 aromatic heterocycles. The number of hydrogen-bond donors (Lipinski definition) is 1. The highest BCUT2D eigenvalue weighted by Crippen LogP contribution is 2.23. The number of aryl methyl sites for hydroxylation is 1. The van der Waals surface area contributed by atoms with Crippen molar-refractivity contribution in [2.45, 2.75) is 40.3 Å². The van der Waals surface area contributed by atoms with Crippen LogP contribution in [0, 0.1) is 12.8 Å². The zero-order valence-electron chi connectivity index (χ0n) is 20.7. The van der Waals surface area contributed by atoms with Crippen LogP contribution in [-0.2, 0) is 26.2 Å². The van der Waals surface area contributed by atoms with Gasteiger partial charge in [0.25, 0.3) is 0 Å². The van der Waals surface area contributed by atoms with Gasteiger partial charge in [-0.25, -0.2) is 8.42 Å². The summed E-state index contributed by atoms with van der Waals surface area (Å²) in [6.07, 6.45) is 1.04. The summed E-state index contributed by atoms with van der Waals surface area (Å²) < 4.78 is 31.4. The average Bonchev–Trinajstić information content (AvgIpc) is 2.79. The Morgan fingerprint density at radius 3 is 2.26 bits per heavy atom. The summed E-state index contributed by atoms with van der Waals surface area (Å²) in [7, 11) is -2.31. The van der Waals surface area contributed by atoms with Crippen molar-refractivity contribution < 1.29 is 22.7 Å². The van der Waals surface area contributed by atoms with Gasteiger partial charge < -0.3 is 15.0 Å². The Morgan fingerprint density at radius 2 is 1.71 bits per heavy atom. The van der Waals surface area contributed by atoms with Gasteiger partial charge in [0.2, 0.25) is 21.8 Å². The maximum atomic E-state index is 13.5. The molecule has 0 aliphatic carbocycles. The number of rotatable bonds is 11. The lowest BCUT2D eigenvalue weighted by atomic mass is 10.1. The minimum absolute atomic E-state index is 0.172. The van der Waals surface area contributed by atoms with Crippen LogP contribution in [-0.4, -0.2) is 57.6 Å². The van der Waals surface area contributed by atoms with E-state index in [1.807, 2.05) is 45.0 Å². The van der Waals surface area contributed by atoms with E-state index >= 15 is 0 Å². The Kier molecular flexibility index (Phi) is 9.49. The van der Waals surface area contributed by atoms with Crippen molar-refractivity contribution in [3.63, 3.8) is 0 Å². The first-order chi connectivity index (χ1) is 15.9. The Labute approximate surface area is 202 Å². The number of sulfonamides is 1. The number of anilines is 1. The molecule has 2 rings (SSSR count). The number of nitrogens with one attached hydrogen (secondary N) is 1. The number of carbonyl (C=O) groups is 2. The minimum atomic E-state index is -3.79. The predicted molar refractivity (Wildman–Crippen MR) is 134 cm³/mol. The van der Waals surface area contributed by atoms with E-state index in [1.54, 1.807) is 31.2 Å². The summed E-state index contributed by atoms with van der Waals surface area (Å²) in [4.78, 5) is 27.7. The van der Waals surface area contributed by atoms with E-state index in [0.717, 1.165) is 21.7 Å². The van der Waals surface area contributed by atoms with Gasteiger partial charge in [0.15, 0.2) is 0 Å². The molecule has 0 radical (unpaired) electrons. The summed E-state index contributed by atoms with van der Waals surface area (Å²) in [6.45, 7) is 7.79. The van der Waals surface area contributed by atoms with Crippen molar-refractivity contribution in [3.05, 3.63) is 59.7 Å². The molecule has 8 nitrogen and oxygen atoms in total. The lowest BCUT2D eigenvalue weighted by Gasteiger charge is -2.31. The van der Waals surface area contributed by atoms with Crippen molar-refractivity contribution in [3.8, 4) is 5.75 Å². The fourth-order valence-electron chi connectivity index (χ4n) is 3.30. The number of ether oxygens (including phenoxy) is 1. The first-order valence-electron chi connectivity index (χ1n) is 11.2.